The molecule has 0 bridgehead atoms. The van der Waals surface area contributed by atoms with Gasteiger partial charge in [0.25, 0.3) is 5.69 Å². The summed E-state index contributed by atoms with van der Waals surface area (Å²) < 4.78 is 0. The second kappa shape index (κ2) is 6.24. The van der Waals surface area contributed by atoms with Crippen molar-refractivity contribution >= 4 is 50.1 Å². The van der Waals surface area contributed by atoms with Gasteiger partial charge in [-0.2, -0.15) is 0 Å². The van der Waals surface area contributed by atoms with Gasteiger partial charge in [0.05, 0.1) is 10.4 Å². The summed E-state index contributed by atoms with van der Waals surface area (Å²) in [7, 11) is 0. The van der Waals surface area contributed by atoms with Gasteiger partial charge in [0.2, 0.25) is 5.78 Å². The molecule has 3 N–H and O–H groups in total. The summed E-state index contributed by atoms with van der Waals surface area (Å²) in [4.78, 5) is 45.8. The lowest BCUT2D eigenvalue weighted by Gasteiger charge is -2.04. The monoisotopic (exact) mass is 400 g/mol. The number of nitrogens with zero attached hydrogens (tertiary/aromatic N) is 2. The molecule has 0 aliphatic carbocycles. The standard InChI is InChI=1S/C21H12N4O5/c26-20(14-9-22-15-6-5-10(25(29)30)7-12(14)15)19-18-13(8-17(24-19)21(27)28)11-3-1-2-4-16(11)23-18/h1-9,22-23H,(H,27,28). The molecule has 0 aliphatic heterocycles. The maximum atomic E-state index is 13.4. The zero-order valence-electron chi connectivity index (χ0n) is 15.2. The molecule has 9 nitrogen and oxygen atoms in total. The fourth-order valence-corrected chi connectivity index (χ4v) is 3.66. The van der Waals surface area contributed by atoms with E-state index in [-0.39, 0.29) is 22.6 Å². The maximum absolute atomic E-state index is 13.4. The number of benzene rings is 2. The highest BCUT2D eigenvalue weighted by Crippen LogP contribution is 2.31. The van der Waals surface area contributed by atoms with Crippen molar-refractivity contribution in [2.75, 3.05) is 0 Å². The van der Waals surface area contributed by atoms with Crippen LogP contribution in [0.1, 0.15) is 26.5 Å². The minimum absolute atomic E-state index is 0.0616. The number of nitro groups is 1. The van der Waals surface area contributed by atoms with Gasteiger partial charge < -0.3 is 15.1 Å². The van der Waals surface area contributed by atoms with Gasteiger partial charge in [-0.3, -0.25) is 14.9 Å². The zero-order chi connectivity index (χ0) is 21.0. The fraction of sp³-hybridized carbons (Fsp3) is 0. The number of carbonyl (C=O) groups excluding carboxylic acids is 1. The predicted octanol–water partition coefficient (Wildman–Crippen LogP) is 4.03. The number of nitrogens with one attached hydrogen (secondary N) is 2. The van der Waals surface area contributed by atoms with Crippen molar-refractivity contribution in [1.82, 2.24) is 15.0 Å². The van der Waals surface area contributed by atoms with E-state index < -0.39 is 16.7 Å². The quantitative estimate of drug-likeness (QED) is 0.236. The molecule has 30 heavy (non-hydrogen) atoms. The Kier molecular flexibility index (Phi) is 3.65. The van der Waals surface area contributed by atoms with Gasteiger partial charge in [0, 0.05) is 51.1 Å². The normalized spacial score (nSPS) is 11.3. The Morgan fingerprint density at radius 3 is 2.57 bits per heavy atom. The van der Waals surface area contributed by atoms with Gasteiger partial charge in [-0.1, -0.05) is 18.2 Å². The second-order valence-corrected chi connectivity index (χ2v) is 6.77. The van der Waals surface area contributed by atoms with E-state index in [2.05, 4.69) is 15.0 Å². The van der Waals surface area contributed by atoms with Gasteiger partial charge in [0.15, 0.2) is 0 Å². The zero-order valence-corrected chi connectivity index (χ0v) is 15.2. The highest BCUT2D eigenvalue weighted by Gasteiger charge is 2.23. The first-order chi connectivity index (χ1) is 14.4. The van der Waals surface area contributed by atoms with Crippen molar-refractivity contribution < 1.29 is 19.6 Å². The second-order valence-electron chi connectivity index (χ2n) is 6.77. The fourth-order valence-electron chi connectivity index (χ4n) is 3.66. The molecule has 0 fully saturated rings. The van der Waals surface area contributed by atoms with Crippen LogP contribution in [-0.4, -0.2) is 36.7 Å². The van der Waals surface area contributed by atoms with Crippen molar-refractivity contribution in [3.05, 3.63) is 81.8 Å². The number of para-hydroxylation sites is 1. The molecule has 0 aliphatic rings. The Morgan fingerprint density at radius 2 is 1.80 bits per heavy atom. The molecule has 5 rings (SSSR count). The summed E-state index contributed by atoms with van der Waals surface area (Å²) in [6.45, 7) is 0. The van der Waals surface area contributed by atoms with E-state index >= 15 is 0 Å². The molecule has 0 atom stereocenters. The number of ketones is 1. The molecule has 5 aromatic rings. The average Bonchev–Trinajstić information content (AvgIpc) is 3.33. The van der Waals surface area contributed by atoms with Gasteiger partial charge in [-0.15, -0.1) is 0 Å². The molecular weight excluding hydrogens is 388 g/mol. The van der Waals surface area contributed by atoms with E-state index in [0.717, 1.165) is 10.9 Å². The summed E-state index contributed by atoms with van der Waals surface area (Å²) in [5.74, 6) is -1.80. The number of rotatable bonds is 4. The van der Waals surface area contributed by atoms with Crippen LogP contribution in [-0.2, 0) is 0 Å². The third-order valence-corrected chi connectivity index (χ3v) is 5.05. The minimum atomic E-state index is -1.26. The summed E-state index contributed by atoms with van der Waals surface area (Å²) in [6.07, 6.45) is 1.44. The third kappa shape index (κ3) is 2.53. The van der Waals surface area contributed by atoms with Crippen LogP contribution < -0.4 is 0 Å². The SMILES string of the molecule is O=C(O)c1cc2c([nH]c3ccccc32)c(C(=O)c2c[nH]c3ccc([N+](=O)[O-])cc23)n1. The van der Waals surface area contributed by atoms with Crippen LogP contribution in [0, 0.1) is 10.1 Å². The Balaban J connectivity index is 1.79. The largest absolute Gasteiger partial charge is 0.477 e. The number of hydrogen-bond donors (Lipinski definition) is 3. The van der Waals surface area contributed by atoms with Crippen molar-refractivity contribution in [1.29, 1.82) is 0 Å². The molecular formula is C21H12N4O5. The Bertz CT molecular complexity index is 1530. The van der Waals surface area contributed by atoms with E-state index in [0.29, 0.717) is 21.8 Å². The third-order valence-electron chi connectivity index (χ3n) is 5.05. The molecule has 0 saturated carbocycles. The number of hydrogen-bond acceptors (Lipinski definition) is 5. The first-order valence-electron chi connectivity index (χ1n) is 8.89. The minimum Gasteiger partial charge on any atom is -0.477 e. The number of aromatic carboxylic acids is 1. The lowest BCUT2D eigenvalue weighted by molar-refractivity contribution is -0.384. The molecule has 0 unspecified atom stereocenters. The number of H-pyrrole nitrogens is 2. The van der Waals surface area contributed by atoms with Crippen LogP contribution in [0.4, 0.5) is 5.69 Å². The van der Waals surface area contributed by atoms with Crippen LogP contribution >= 0.6 is 0 Å². The molecule has 0 radical (unpaired) electrons. The number of aromatic amines is 2. The van der Waals surface area contributed by atoms with Crippen LogP contribution in [0.2, 0.25) is 0 Å². The lowest BCUT2D eigenvalue weighted by atomic mass is 10.0. The van der Waals surface area contributed by atoms with Crippen molar-refractivity contribution in [3.63, 3.8) is 0 Å². The van der Waals surface area contributed by atoms with Gasteiger partial charge in [0.1, 0.15) is 11.4 Å². The average molecular weight is 400 g/mol. The number of carboxylic acids is 1. The molecule has 9 heteroatoms. The van der Waals surface area contributed by atoms with E-state index in [9.17, 15) is 24.8 Å². The number of carboxylic acid groups (broad SMARTS) is 1. The highest BCUT2D eigenvalue weighted by atomic mass is 16.6. The maximum Gasteiger partial charge on any atom is 0.354 e. The highest BCUT2D eigenvalue weighted by molar-refractivity contribution is 6.23. The van der Waals surface area contributed by atoms with Gasteiger partial charge in [-0.25, -0.2) is 9.78 Å². The van der Waals surface area contributed by atoms with Crippen molar-refractivity contribution in [3.8, 4) is 0 Å². The topological polar surface area (TPSA) is 142 Å². The first kappa shape index (κ1) is 17.6. The van der Waals surface area contributed by atoms with Crippen LogP contribution in [0.25, 0.3) is 32.7 Å². The van der Waals surface area contributed by atoms with Crippen LogP contribution in [0.5, 0.6) is 0 Å². The summed E-state index contributed by atoms with van der Waals surface area (Å²) in [5.41, 5.74) is 1.38. The number of aromatic nitrogens is 3. The Labute approximate surface area is 167 Å². The lowest BCUT2D eigenvalue weighted by Crippen LogP contribution is -2.09. The van der Waals surface area contributed by atoms with E-state index in [1.165, 1.54) is 30.5 Å². The molecule has 3 aromatic heterocycles. The Hall–Kier alpha value is -4.53. The number of carbonyl (C=O) groups is 2. The summed E-state index contributed by atoms with van der Waals surface area (Å²) >= 11 is 0. The van der Waals surface area contributed by atoms with E-state index in [4.69, 9.17) is 0 Å². The molecule has 2 aromatic carbocycles. The molecule has 146 valence electrons. The number of fused-ring (bicyclic) bond motifs is 4. The van der Waals surface area contributed by atoms with Crippen molar-refractivity contribution in [2.24, 2.45) is 0 Å². The molecule has 0 saturated heterocycles. The first-order valence-corrected chi connectivity index (χ1v) is 8.89. The van der Waals surface area contributed by atoms with Gasteiger partial charge in [-0.05, 0) is 18.2 Å². The summed E-state index contributed by atoms with van der Waals surface area (Å²) in [5, 5.41) is 22.3. The number of pyridine rings is 1. The van der Waals surface area contributed by atoms with Gasteiger partial charge >= 0.3 is 5.97 Å². The van der Waals surface area contributed by atoms with Crippen molar-refractivity contribution in [2.45, 2.75) is 0 Å². The summed E-state index contributed by atoms with van der Waals surface area (Å²) in [6, 6.07) is 12.9. The number of non-ortho nitro benzene ring substituents is 1. The smallest absolute Gasteiger partial charge is 0.354 e. The van der Waals surface area contributed by atoms with Crippen LogP contribution in [0.3, 0.4) is 0 Å². The predicted molar refractivity (Wildman–Crippen MR) is 109 cm³/mol. The van der Waals surface area contributed by atoms with E-state index in [1.807, 2.05) is 24.3 Å². The molecule has 3 heterocycles. The molecule has 0 spiro atoms. The Morgan fingerprint density at radius 1 is 1.00 bits per heavy atom. The molecule has 0 amide bonds. The van der Waals surface area contributed by atoms with E-state index in [1.54, 1.807) is 0 Å². The number of nitro benzene ring substituents is 1. The van der Waals surface area contributed by atoms with Crippen LogP contribution in [0.15, 0.2) is 54.7 Å².